The van der Waals surface area contributed by atoms with Gasteiger partial charge in [-0.15, -0.1) is 12.4 Å². The highest BCUT2D eigenvalue weighted by atomic mass is 35.5. The molecule has 0 aromatic rings. The standard InChI is InChI=1S/C13H23N3O2.ClH/c1-16-7-3-6-11(13(16)18)15-12(17)8-9-4-2-5-10(9)14;/h9-11H,2-8,14H2,1H3,(H,15,17);1H/t9-,10+,11?;/m0./s1. The van der Waals surface area contributed by atoms with Crippen LogP contribution in [0.3, 0.4) is 0 Å². The summed E-state index contributed by atoms with van der Waals surface area (Å²) in [5, 5.41) is 2.86. The Morgan fingerprint density at radius 2 is 2.11 bits per heavy atom. The molecule has 0 aromatic heterocycles. The Bertz CT molecular complexity index is 338. The van der Waals surface area contributed by atoms with Gasteiger partial charge < -0.3 is 16.0 Å². The third-order valence-corrected chi connectivity index (χ3v) is 4.16. The fourth-order valence-corrected chi connectivity index (χ4v) is 2.98. The van der Waals surface area contributed by atoms with Crippen LogP contribution in [0.25, 0.3) is 0 Å². The highest BCUT2D eigenvalue weighted by Gasteiger charge is 2.30. The minimum absolute atomic E-state index is 0. The molecule has 1 aliphatic heterocycles. The number of halogens is 1. The minimum atomic E-state index is -0.325. The molecule has 2 amide bonds. The first kappa shape index (κ1) is 16.2. The van der Waals surface area contributed by atoms with Crippen LogP contribution in [0.4, 0.5) is 0 Å². The molecule has 5 nitrogen and oxygen atoms in total. The van der Waals surface area contributed by atoms with Crippen molar-refractivity contribution in [2.45, 2.75) is 50.6 Å². The Morgan fingerprint density at radius 1 is 1.37 bits per heavy atom. The molecule has 1 heterocycles. The van der Waals surface area contributed by atoms with Crippen LogP contribution in [-0.2, 0) is 9.59 Å². The van der Waals surface area contributed by atoms with Crippen LogP contribution in [-0.4, -0.2) is 42.4 Å². The molecule has 1 saturated carbocycles. The molecular formula is C13H24ClN3O2. The van der Waals surface area contributed by atoms with Crippen LogP contribution in [0.15, 0.2) is 0 Å². The molecule has 6 heteroatoms. The van der Waals surface area contributed by atoms with E-state index in [4.69, 9.17) is 5.73 Å². The topological polar surface area (TPSA) is 75.4 Å². The summed E-state index contributed by atoms with van der Waals surface area (Å²) in [6.45, 7) is 0.790. The van der Waals surface area contributed by atoms with E-state index in [1.807, 2.05) is 0 Å². The van der Waals surface area contributed by atoms with Crippen LogP contribution in [0.5, 0.6) is 0 Å². The number of hydrogen-bond acceptors (Lipinski definition) is 3. The van der Waals surface area contributed by atoms with Gasteiger partial charge in [0.05, 0.1) is 0 Å². The second kappa shape index (κ2) is 7.10. The molecule has 3 atom stereocenters. The van der Waals surface area contributed by atoms with Gasteiger partial charge in [-0.05, 0) is 31.6 Å². The largest absolute Gasteiger partial charge is 0.344 e. The number of carbonyl (C=O) groups excluding carboxylic acids is 2. The third kappa shape index (κ3) is 4.08. The smallest absolute Gasteiger partial charge is 0.244 e. The van der Waals surface area contributed by atoms with Crippen molar-refractivity contribution in [1.29, 1.82) is 0 Å². The number of likely N-dealkylation sites (N-methyl/N-ethyl adjacent to an activating group) is 1. The molecule has 19 heavy (non-hydrogen) atoms. The van der Waals surface area contributed by atoms with Gasteiger partial charge in [-0.3, -0.25) is 9.59 Å². The Morgan fingerprint density at radius 3 is 2.74 bits per heavy atom. The maximum Gasteiger partial charge on any atom is 0.244 e. The zero-order valence-corrected chi connectivity index (χ0v) is 12.2. The molecule has 1 aliphatic carbocycles. The lowest BCUT2D eigenvalue weighted by atomic mass is 9.99. The van der Waals surface area contributed by atoms with Crippen LogP contribution in [0, 0.1) is 5.92 Å². The molecule has 2 fully saturated rings. The van der Waals surface area contributed by atoms with E-state index in [-0.39, 0.29) is 36.3 Å². The first-order valence-electron chi connectivity index (χ1n) is 6.88. The summed E-state index contributed by atoms with van der Waals surface area (Å²) in [5.41, 5.74) is 5.95. The van der Waals surface area contributed by atoms with E-state index >= 15 is 0 Å². The number of carbonyl (C=O) groups is 2. The predicted octanol–water partition coefficient (Wildman–Crippen LogP) is 0.663. The Balaban J connectivity index is 0.00000180. The van der Waals surface area contributed by atoms with Crippen molar-refractivity contribution < 1.29 is 9.59 Å². The van der Waals surface area contributed by atoms with Crippen molar-refractivity contribution >= 4 is 24.2 Å². The van der Waals surface area contributed by atoms with Crippen molar-refractivity contribution in [2.24, 2.45) is 11.7 Å². The van der Waals surface area contributed by atoms with Crippen molar-refractivity contribution in [3.05, 3.63) is 0 Å². The van der Waals surface area contributed by atoms with Crippen molar-refractivity contribution in [3.63, 3.8) is 0 Å². The zero-order chi connectivity index (χ0) is 13.1. The summed E-state index contributed by atoms with van der Waals surface area (Å²) in [4.78, 5) is 25.5. The molecule has 110 valence electrons. The van der Waals surface area contributed by atoms with E-state index in [0.717, 1.165) is 38.6 Å². The normalized spacial score (nSPS) is 30.9. The monoisotopic (exact) mass is 289 g/mol. The fraction of sp³-hybridized carbons (Fsp3) is 0.846. The molecule has 0 bridgehead atoms. The zero-order valence-electron chi connectivity index (χ0n) is 11.4. The Labute approximate surface area is 120 Å². The van der Waals surface area contributed by atoms with Crippen LogP contribution >= 0.6 is 12.4 Å². The number of nitrogens with zero attached hydrogens (tertiary/aromatic N) is 1. The first-order chi connectivity index (χ1) is 8.58. The van der Waals surface area contributed by atoms with E-state index in [1.165, 1.54) is 0 Å². The Hall–Kier alpha value is -0.810. The van der Waals surface area contributed by atoms with Crippen molar-refractivity contribution in [1.82, 2.24) is 10.2 Å². The minimum Gasteiger partial charge on any atom is -0.344 e. The van der Waals surface area contributed by atoms with Gasteiger partial charge in [-0.1, -0.05) is 6.42 Å². The number of rotatable bonds is 3. The van der Waals surface area contributed by atoms with Crippen LogP contribution < -0.4 is 11.1 Å². The molecule has 2 aliphatic rings. The number of amides is 2. The lowest BCUT2D eigenvalue weighted by Gasteiger charge is -2.30. The first-order valence-corrected chi connectivity index (χ1v) is 6.88. The van der Waals surface area contributed by atoms with Gasteiger partial charge in [0.15, 0.2) is 0 Å². The van der Waals surface area contributed by atoms with Gasteiger partial charge in [-0.25, -0.2) is 0 Å². The van der Waals surface area contributed by atoms with E-state index in [0.29, 0.717) is 12.3 Å². The summed E-state index contributed by atoms with van der Waals surface area (Å²) in [6.07, 6.45) is 5.34. The van der Waals surface area contributed by atoms with Gasteiger partial charge in [0.2, 0.25) is 11.8 Å². The lowest BCUT2D eigenvalue weighted by Crippen LogP contribution is -2.51. The van der Waals surface area contributed by atoms with E-state index in [9.17, 15) is 9.59 Å². The summed E-state index contributed by atoms with van der Waals surface area (Å²) >= 11 is 0. The predicted molar refractivity (Wildman–Crippen MR) is 76.0 cm³/mol. The summed E-state index contributed by atoms with van der Waals surface area (Å²) < 4.78 is 0. The van der Waals surface area contributed by atoms with Crippen LogP contribution in [0.2, 0.25) is 0 Å². The molecule has 3 N–H and O–H groups in total. The second-order valence-corrected chi connectivity index (χ2v) is 5.58. The lowest BCUT2D eigenvalue weighted by molar-refractivity contribution is -0.137. The van der Waals surface area contributed by atoms with E-state index in [1.54, 1.807) is 11.9 Å². The number of nitrogens with two attached hydrogens (primary N) is 1. The quantitative estimate of drug-likeness (QED) is 0.801. The maximum atomic E-state index is 11.9. The van der Waals surface area contributed by atoms with Crippen molar-refractivity contribution in [2.75, 3.05) is 13.6 Å². The van der Waals surface area contributed by atoms with Gasteiger partial charge in [0, 0.05) is 26.1 Å². The average molecular weight is 290 g/mol. The van der Waals surface area contributed by atoms with E-state index in [2.05, 4.69) is 5.32 Å². The molecule has 0 radical (unpaired) electrons. The maximum absolute atomic E-state index is 11.9. The SMILES string of the molecule is CN1CCCC(NC(=O)C[C@@H]2CCC[C@H]2N)C1=O.Cl. The summed E-state index contributed by atoms with van der Waals surface area (Å²) in [6, 6.07) is -0.172. The van der Waals surface area contributed by atoms with Gasteiger partial charge in [-0.2, -0.15) is 0 Å². The average Bonchev–Trinajstić information content (AvgIpc) is 2.71. The molecular weight excluding hydrogens is 266 g/mol. The van der Waals surface area contributed by atoms with Gasteiger partial charge in [0.1, 0.15) is 6.04 Å². The Kier molecular flexibility index (Phi) is 6.07. The summed E-state index contributed by atoms with van der Waals surface area (Å²) in [7, 11) is 1.79. The van der Waals surface area contributed by atoms with Crippen molar-refractivity contribution in [3.8, 4) is 0 Å². The summed E-state index contributed by atoms with van der Waals surface area (Å²) in [5.74, 6) is 0.303. The molecule has 1 unspecified atom stereocenters. The number of nitrogens with one attached hydrogen (secondary N) is 1. The molecule has 1 saturated heterocycles. The molecule has 2 rings (SSSR count). The van der Waals surface area contributed by atoms with Crippen LogP contribution in [0.1, 0.15) is 38.5 Å². The number of hydrogen-bond donors (Lipinski definition) is 2. The fourth-order valence-electron chi connectivity index (χ4n) is 2.98. The molecule has 0 aromatic carbocycles. The number of likely N-dealkylation sites (tertiary alicyclic amines) is 1. The highest BCUT2D eigenvalue weighted by Crippen LogP contribution is 2.26. The third-order valence-electron chi connectivity index (χ3n) is 4.16. The number of piperidine rings is 1. The van der Waals surface area contributed by atoms with Gasteiger partial charge in [0.25, 0.3) is 0 Å². The van der Waals surface area contributed by atoms with E-state index < -0.39 is 0 Å². The second-order valence-electron chi connectivity index (χ2n) is 5.58. The highest BCUT2D eigenvalue weighted by molar-refractivity contribution is 5.88. The molecule has 0 spiro atoms. The van der Waals surface area contributed by atoms with Gasteiger partial charge >= 0.3 is 0 Å².